The quantitative estimate of drug-likeness (QED) is 0.337. The van der Waals surface area contributed by atoms with Crippen LogP contribution in [0.25, 0.3) is 10.1 Å². The second kappa shape index (κ2) is 10.5. The third-order valence-electron chi connectivity index (χ3n) is 6.72. The molecule has 0 bridgehead atoms. The highest BCUT2D eigenvalue weighted by atomic mass is 32.1. The Morgan fingerprint density at radius 3 is 2.50 bits per heavy atom. The second-order valence-corrected chi connectivity index (χ2v) is 15.9. The van der Waals surface area contributed by atoms with Gasteiger partial charge in [-0.2, -0.15) is 0 Å². The van der Waals surface area contributed by atoms with E-state index in [0.29, 0.717) is 24.3 Å². The molecule has 1 aliphatic rings. The molecule has 0 saturated carbocycles. The zero-order valence-corrected chi connectivity index (χ0v) is 23.8. The van der Waals surface area contributed by atoms with E-state index < -0.39 is 13.9 Å². The SMILES string of the molecule is CC(C)(C)OC(=O)CCc1cccc(C2CCN(C(=O)c3ccc4scc([Si](C)(C)O)c4c3)CC2)c1. The van der Waals surface area contributed by atoms with Crippen molar-refractivity contribution in [3.63, 3.8) is 0 Å². The summed E-state index contributed by atoms with van der Waals surface area (Å²) >= 11 is 1.63. The summed E-state index contributed by atoms with van der Waals surface area (Å²) in [6, 6.07) is 14.4. The molecule has 0 spiro atoms. The fourth-order valence-corrected chi connectivity index (χ4v) is 7.98. The Morgan fingerprint density at radius 1 is 1.11 bits per heavy atom. The maximum Gasteiger partial charge on any atom is 0.306 e. The number of rotatable bonds is 6. The number of hydrogen-bond acceptors (Lipinski definition) is 5. The van der Waals surface area contributed by atoms with Gasteiger partial charge in [-0.3, -0.25) is 9.59 Å². The lowest BCUT2D eigenvalue weighted by Gasteiger charge is -2.32. The van der Waals surface area contributed by atoms with Crippen molar-refractivity contribution in [1.29, 1.82) is 0 Å². The van der Waals surface area contributed by atoms with E-state index in [2.05, 4.69) is 24.3 Å². The Hall–Kier alpha value is -2.48. The van der Waals surface area contributed by atoms with Gasteiger partial charge in [-0.1, -0.05) is 24.3 Å². The number of benzene rings is 2. The second-order valence-electron chi connectivity index (χ2n) is 11.3. The molecule has 0 radical (unpaired) electrons. The fraction of sp³-hybridized carbons (Fsp3) is 0.448. The van der Waals surface area contributed by atoms with Crippen molar-refractivity contribution in [3.8, 4) is 0 Å². The average Bonchev–Trinajstić information content (AvgIpc) is 3.25. The molecule has 7 heteroatoms. The minimum atomic E-state index is -2.46. The molecule has 1 N–H and O–H groups in total. The minimum absolute atomic E-state index is 0.0658. The van der Waals surface area contributed by atoms with E-state index in [1.807, 2.05) is 62.3 Å². The van der Waals surface area contributed by atoms with E-state index in [9.17, 15) is 14.4 Å². The van der Waals surface area contributed by atoms with E-state index in [0.717, 1.165) is 46.8 Å². The van der Waals surface area contributed by atoms with E-state index in [1.165, 1.54) is 5.56 Å². The molecular formula is C29H37NO4SSi. The third-order valence-corrected chi connectivity index (χ3v) is 9.63. The maximum absolute atomic E-state index is 13.3. The van der Waals surface area contributed by atoms with Gasteiger partial charge in [-0.05, 0) is 104 Å². The van der Waals surface area contributed by atoms with Crippen LogP contribution in [0.3, 0.4) is 0 Å². The molecule has 5 nitrogen and oxygen atoms in total. The van der Waals surface area contributed by atoms with Crippen LogP contribution in [0, 0.1) is 0 Å². The Labute approximate surface area is 219 Å². The van der Waals surface area contributed by atoms with Gasteiger partial charge in [0, 0.05) is 29.8 Å². The number of fused-ring (bicyclic) bond motifs is 1. The molecule has 36 heavy (non-hydrogen) atoms. The lowest BCUT2D eigenvalue weighted by atomic mass is 9.88. The van der Waals surface area contributed by atoms with Gasteiger partial charge >= 0.3 is 5.97 Å². The van der Waals surface area contributed by atoms with Crippen LogP contribution in [0.5, 0.6) is 0 Å². The van der Waals surface area contributed by atoms with Gasteiger partial charge in [0.25, 0.3) is 5.91 Å². The average molecular weight is 524 g/mol. The number of carbonyl (C=O) groups is 2. The number of thiophene rings is 1. The summed E-state index contributed by atoms with van der Waals surface area (Å²) in [7, 11) is -2.46. The summed E-state index contributed by atoms with van der Waals surface area (Å²) in [6.07, 6.45) is 2.88. The number of amides is 1. The number of ether oxygens (including phenoxy) is 1. The van der Waals surface area contributed by atoms with Crippen LogP contribution in [0.2, 0.25) is 13.1 Å². The number of hydrogen-bond donors (Lipinski definition) is 1. The van der Waals surface area contributed by atoms with E-state index in [1.54, 1.807) is 11.3 Å². The Balaban J connectivity index is 1.37. The van der Waals surface area contributed by atoms with Crippen LogP contribution in [-0.4, -0.2) is 48.6 Å². The molecular weight excluding hydrogens is 486 g/mol. The first-order valence-electron chi connectivity index (χ1n) is 12.7. The first-order chi connectivity index (χ1) is 16.9. The van der Waals surface area contributed by atoms with Gasteiger partial charge in [0.05, 0.1) is 0 Å². The molecule has 4 rings (SSSR count). The molecule has 1 aliphatic heterocycles. The molecule has 0 atom stereocenters. The van der Waals surface area contributed by atoms with E-state index in [-0.39, 0.29) is 11.9 Å². The molecule has 0 unspecified atom stereocenters. The van der Waals surface area contributed by atoms with Crippen molar-refractivity contribution in [2.45, 2.75) is 71.1 Å². The number of nitrogens with zero attached hydrogens (tertiary/aromatic N) is 1. The van der Waals surface area contributed by atoms with Crippen LogP contribution in [0.4, 0.5) is 0 Å². The summed E-state index contributed by atoms with van der Waals surface area (Å²) < 4.78 is 6.54. The summed E-state index contributed by atoms with van der Waals surface area (Å²) in [6.45, 7) is 10.9. The molecule has 0 aliphatic carbocycles. The molecule has 192 valence electrons. The first kappa shape index (κ1) is 26.6. The number of piperidine rings is 1. The number of aryl methyl sites for hydroxylation is 1. The van der Waals surface area contributed by atoms with Crippen LogP contribution in [0.15, 0.2) is 47.8 Å². The van der Waals surface area contributed by atoms with Crippen LogP contribution >= 0.6 is 11.3 Å². The molecule has 3 aromatic rings. The lowest BCUT2D eigenvalue weighted by molar-refractivity contribution is -0.154. The van der Waals surface area contributed by atoms with E-state index >= 15 is 0 Å². The summed E-state index contributed by atoms with van der Waals surface area (Å²) in [4.78, 5) is 38.0. The first-order valence-corrected chi connectivity index (χ1v) is 16.6. The van der Waals surface area contributed by atoms with Crippen molar-refractivity contribution in [3.05, 3.63) is 64.5 Å². The lowest BCUT2D eigenvalue weighted by Crippen LogP contribution is -2.41. The van der Waals surface area contributed by atoms with Gasteiger partial charge in [-0.15, -0.1) is 11.3 Å². The van der Waals surface area contributed by atoms with Gasteiger partial charge < -0.3 is 14.4 Å². The molecule has 2 heterocycles. The van der Waals surface area contributed by atoms with Gasteiger partial charge in [-0.25, -0.2) is 0 Å². The molecule has 1 fully saturated rings. The predicted octanol–water partition coefficient (Wildman–Crippen LogP) is 5.60. The van der Waals surface area contributed by atoms with E-state index in [4.69, 9.17) is 4.74 Å². The number of carbonyl (C=O) groups excluding carboxylic acids is 2. The molecule has 1 aromatic heterocycles. The minimum Gasteiger partial charge on any atom is -0.460 e. The Bertz CT molecular complexity index is 1250. The highest BCUT2D eigenvalue weighted by molar-refractivity contribution is 7.19. The normalized spacial score (nSPS) is 15.3. The number of esters is 1. The molecule has 1 saturated heterocycles. The van der Waals surface area contributed by atoms with Crippen molar-refractivity contribution in [2.75, 3.05) is 13.1 Å². The molecule has 2 aromatic carbocycles. The van der Waals surface area contributed by atoms with Crippen LogP contribution in [-0.2, 0) is 16.0 Å². The van der Waals surface area contributed by atoms with Gasteiger partial charge in [0.1, 0.15) is 5.60 Å². The predicted molar refractivity (Wildman–Crippen MR) is 150 cm³/mol. The van der Waals surface area contributed by atoms with Crippen molar-refractivity contribution >= 4 is 46.8 Å². The fourth-order valence-electron chi connectivity index (χ4n) is 4.88. The summed E-state index contributed by atoms with van der Waals surface area (Å²) in [5, 5.41) is 4.06. The zero-order chi connectivity index (χ0) is 26.1. The highest BCUT2D eigenvalue weighted by Gasteiger charge is 2.27. The summed E-state index contributed by atoms with van der Waals surface area (Å²) in [5.74, 6) is 0.302. The van der Waals surface area contributed by atoms with Crippen LogP contribution in [0.1, 0.15) is 67.4 Å². The third kappa shape index (κ3) is 6.44. The Kier molecular flexibility index (Phi) is 7.74. The highest BCUT2D eigenvalue weighted by Crippen LogP contribution is 2.30. The van der Waals surface area contributed by atoms with Crippen molar-refractivity contribution in [2.24, 2.45) is 0 Å². The zero-order valence-electron chi connectivity index (χ0n) is 22.0. The smallest absolute Gasteiger partial charge is 0.306 e. The monoisotopic (exact) mass is 523 g/mol. The van der Waals surface area contributed by atoms with Crippen LogP contribution < -0.4 is 5.19 Å². The standard InChI is InChI=1S/C29H37NO4SSi/c1-29(2,3)34-27(31)12-9-20-7-6-8-22(17-20)21-13-15-30(16-14-21)28(32)23-10-11-25-24(18-23)26(19-35-25)36(4,5)33/h6-8,10-11,17-19,21,33H,9,12-16H2,1-5H3. The van der Waals surface area contributed by atoms with Crippen molar-refractivity contribution < 1.29 is 19.1 Å². The number of likely N-dealkylation sites (tertiary alicyclic amines) is 1. The van der Waals surface area contributed by atoms with Gasteiger partial charge in [0.15, 0.2) is 0 Å². The largest absolute Gasteiger partial charge is 0.460 e. The molecule has 1 amide bonds. The van der Waals surface area contributed by atoms with Gasteiger partial charge in [0.2, 0.25) is 8.32 Å². The maximum atomic E-state index is 13.3. The van der Waals surface area contributed by atoms with Crippen molar-refractivity contribution in [1.82, 2.24) is 4.90 Å². The topological polar surface area (TPSA) is 66.8 Å². The summed E-state index contributed by atoms with van der Waals surface area (Å²) in [5.41, 5.74) is 2.66. The Morgan fingerprint density at radius 2 is 1.83 bits per heavy atom.